The van der Waals surface area contributed by atoms with Gasteiger partial charge in [0.15, 0.2) is 5.78 Å². The number of carboxylic acid groups (broad SMARTS) is 2. The summed E-state index contributed by atoms with van der Waals surface area (Å²) in [5.74, 6) is -4.47. The molecule has 3 fully saturated rings. The predicted octanol–water partition coefficient (Wildman–Crippen LogP) is 6.77. The number of carbonyl (C=O) groups excluding carboxylic acids is 4. The Kier molecular flexibility index (Phi) is 15.5. The third-order valence-corrected chi connectivity index (χ3v) is 10.1. The van der Waals surface area contributed by atoms with Crippen LogP contribution in [0.4, 0.5) is 31.9 Å². The zero-order chi connectivity index (χ0) is 42.8. The molecule has 3 heterocycles. The molecular weight excluding hydrogens is 772 g/mol. The van der Waals surface area contributed by atoms with Crippen molar-refractivity contribution in [2.75, 3.05) is 45.8 Å². The molecule has 1 atom stereocenters. The summed E-state index contributed by atoms with van der Waals surface area (Å²) in [6.45, 7) is 6.31. The molecule has 18 heteroatoms. The second-order valence-corrected chi connectivity index (χ2v) is 15.5. The summed E-state index contributed by atoms with van der Waals surface area (Å²) in [6, 6.07) is 10.5. The molecule has 3 saturated heterocycles. The number of nitrogens with zero attached hydrogens (tertiary/aromatic N) is 4. The second kappa shape index (κ2) is 19.8. The number of rotatable bonds is 8. The maximum Gasteiger partial charge on any atom is 0.419 e. The van der Waals surface area contributed by atoms with Gasteiger partial charge in [-0.05, 0) is 83.1 Å². The molecular formula is C40H50F4N4O10. The van der Waals surface area contributed by atoms with Gasteiger partial charge in [-0.3, -0.25) is 14.4 Å². The van der Waals surface area contributed by atoms with Crippen molar-refractivity contribution >= 4 is 35.9 Å². The van der Waals surface area contributed by atoms with Crippen molar-refractivity contribution in [2.45, 2.75) is 83.7 Å². The summed E-state index contributed by atoms with van der Waals surface area (Å²) in [6.07, 6.45) is -4.69. The number of aliphatic carboxylic acids is 1. The number of benzene rings is 2. The van der Waals surface area contributed by atoms with Crippen LogP contribution in [0.2, 0.25) is 0 Å². The smallest absolute Gasteiger partial charge is 0.419 e. The molecule has 58 heavy (non-hydrogen) atoms. The van der Waals surface area contributed by atoms with E-state index in [0.717, 1.165) is 11.6 Å². The van der Waals surface area contributed by atoms with Crippen LogP contribution in [0.3, 0.4) is 0 Å². The molecule has 0 bridgehead atoms. The largest absolute Gasteiger partial charge is 0.481 e. The lowest BCUT2D eigenvalue weighted by Crippen LogP contribution is -2.55. The van der Waals surface area contributed by atoms with Gasteiger partial charge in [0.1, 0.15) is 18.0 Å². The van der Waals surface area contributed by atoms with Crippen LogP contribution in [0.5, 0.6) is 0 Å². The Morgan fingerprint density at radius 1 is 0.776 bits per heavy atom. The van der Waals surface area contributed by atoms with Gasteiger partial charge in [0, 0.05) is 56.8 Å². The fourth-order valence-electron chi connectivity index (χ4n) is 6.92. The highest BCUT2D eigenvalue weighted by Crippen LogP contribution is 2.32. The first-order chi connectivity index (χ1) is 27.2. The minimum absolute atomic E-state index is 0.0459. The number of carbonyl (C=O) groups is 6. The lowest BCUT2D eigenvalue weighted by atomic mass is 9.93. The van der Waals surface area contributed by atoms with Gasteiger partial charge in [-0.2, -0.15) is 13.2 Å². The van der Waals surface area contributed by atoms with E-state index in [0.29, 0.717) is 57.5 Å². The highest BCUT2D eigenvalue weighted by molar-refractivity contribution is 5.99. The maximum absolute atomic E-state index is 14.0. The average molecular weight is 823 g/mol. The molecule has 3 aliphatic heterocycles. The Morgan fingerprint density at radius 3 is 1.95 bits per heavy atom. The summed E-state index contributed by atoms with van der Waals surface area (Å²) in [5, 5.41) is 17.1. The normalized spacial score (nSPS) is 18.1. The van der Waals surface area contributed by atoms with Gasteiger partial charge in [0.25, 0.3) is 0 Å². The zero-order valence-corrected chi connectivity index (χ0v) is 32.7. The van der Waals surface area contributed by atoms with Gasteiger partial charge in [-0.25, -0.2) is 18.8 Å². The number of amides is 4. The summed E-state index contributed by atoms with van der Waals surface area (Å²) >= 11 is 0. The van der Waals surface area contributed by atoms with Crippen LogP contribution in [-0.4, -0.2) is 123 Å². The van der Waals surface area contributed by atoms with E-state index in [1.54, 1.807) is 20.8 Å². The van der Waals surface area contributed by atoms with Gasteiger partial charge in [-0.1, -0.05) is 30.3 Å². The lowest BCUT2D eigenvalue weighted by molar-refractivity contribution is -0.143. The van der Waals surface area contributed by atoms with Crippen molar-refractivity contribution in [1.82, 2.24) is 19.6 Å². The van der Waals surface area contributed by atoms with E-state index in [9.17, 15) is 46.3 Å². The Bertz CT molecular complexity index is 1750. The first-order valence-electron chi connectivity index (χ1n) is 19.1. The number of piperidine rings is 3. The van der Waals surface area contributed by atoms with Crippen molar-refractivity contribution in [2.24, 2.45) is 11.8 Å². The molecule has 3 aliphatic rings. The molecule has 2 aromatic rings. The molecule has 0 aromatic heterocycles. The van der Waals surface area contributed by atoms with Gasteiger partial charge in [0.2, 0.25) is 5.91 Å². The fraction of sp³-hybridized carbons (Fsp3) is 0.550. The number of halogens is 4. The third-order valence-electron chi connectivity index (χ3n) is 10.1. The Hall–Kier alpha value is -5.42. The molecule has 0 aliphatic carbocycles. The molecule has 2 N–H and O–H groups in total. The Labute approximate surface area is 333 Å². The lowest BCUT2D eigenvalue weighted by Gasteiger charge is -2.41. The van der Waals surface area contributed by atoms with Crippen LogP contribution in [0.25, 0.3) is 0 Å². The Balaban J connectivity index is 0.000000530. The summed E-state index contributed by atoms with van der Waals surface area (Å²) in [4.78, 5) is 79.3. The van der Waals surface area contributed by atoms with Crippen LogP contribution >= 0.6 is 0 Å². The number of alkyl halides is 3. The van der Waals surface area contributed by atoms with Crippen molar-refractivity contribution in [1.29, 1.82) is 0 Å². The first kappa shape index (κ1) is 45.3. The van der Waals surface area contributed by atoms with Gasteiger partial charge < -0.3 is 39.3 Å². The van der Waals surface area contributed by atoms with Crippen molar-refractivity contribution in [3.8, 4) is 0 Å². The number of hydrogen-bond donors (Lipinski definition) is 2. The number of carboxylic acids is 1. The second-order valence-electron chi connectivity index (χ2n) is 15.5. The molecule has 318 valence electrons. The van der Waals surface area contributed by atoms with Gasteiger partial charge in [0.05, 0.1) is 18.0 Å². The molecule has 5 rings (SSSR count). The van der Waals surface area contributed by atoms with Crippen LogP contribution < -0.4 is 0 Å². The minimum Gasteiger partial charge on any atom is -0.481 e. The van der Waals surface area contributed by atoms with E-state index in [4.69, 9.17) is 19.7 Å². The predicted molar refractivity (Wildman–Crippen MR) is 199 cm³/mol. The molecule has 14 nitrogen and oxygen atoms in total. The Morgan fingerprint density at radius 2 is 1.38 bits per heavy atom. The minimum atomic E-state index is -5.01. The van der Waals surface area contributed by atoms with Gasteiger partial charge >= 0.3 is 30.4 Å². The third kappa shape index (κ3) is 13.1. The number of ether oxygens (including phenoxy) is 2. The van der Waals surface area contributed by atoms with Crippen molar-refractivity contribution in [3.63, 3.8) is 0 Å². The monoisotopic (exact) mass is 822 g/mol. The first-order valence-corrected chi connectivity index (χ1v) is 19.1. The summed E-state index contributed by atoms with van der Waals surface area (Å²) < 4.78 is 65.0. The standard InChI is InChI=1S/C33H39F4N3O6.C7H11NO4/c1-32(2,3)46-31(44)38-16-13-23(14-17-38)29(42)40(20-28(41)24-11-12-27(34)26(18-24)33(35,36)37)25-10-7-15-39(19-25)30(43)45-21-22-8-5-4-6-9-22;9-6(10)5-1-3-8(4-2-5)7(11)12/h4-6,8-9,11-12,18,23,25H,7,10,13-17,19-21H2,1-3H3;5H,1-4H2,(H,9,10)(H,11,12)/t25-;/m1./s1. The van der Waals surface area contributed by atoms with Crippen LogP contribution in [0.15, 0.2) is 48.5 Å². The number of likely N-dealkylation sites (tertiary alicyclic amines) is 3. The van der Waals surface area contributed by atoms with E-state index in [-0.39, 0.29) is 50.6 Å². The van der Waals surface area contributed by atoms with E-state index < -0.39 is 77.6 Å². The van der Waals surface area contributed by atoms with Crippen molar-refractivity contribution in [3.05, 3.63) is 71.0 Å². The summed E-state index contributed by atoms with van der Waals surface area (Å²) in [5.41, 5.74) is -1.86. The van der Waals surface area contributed by atoms with E-state index in [2.05, 4.69) is 0 Å². The van der Waals surface area contributed by atoms with Crippen LogP contribution in [-0.2, 0) is 31.8 Å². The molecule has 4 amide bonds. The maximum atomic E-state index is 14.0. The average Bonchev–Trinajstić information content (AvgIpc) is 3.18. The highest BCUT2D eigenvalue weighted by Gasteiger charge is 2.39. The van der Waals surface area contributed by atoms with E-state index in [1.807, 2.05) is 30.3 Å². The summed E-state index contributed by atoms with van der Waals surface area (Å²) in [7, 11) is 0. The van der Waals surface area contributed by atoms with Crippen LogP contribution in [0, 0.1) is 17.7 Å². The molecule has 0 unspecified atom stereocenters. The highest BCUT2D eigenvalue weighted by atomic mass is 19.4. The molecule has 2 aromatic carbocycles. The number of ketones is 1. The van der Waals surface area contributed by atoms with Crippen molar-refractivity contribution < 1.29 is 66.0 Å². The number of hydrogen-bond acceptors (Lipinski definition) is 8. The topological polar surface area (TPSA) is 174 Å². The van der Waals surface area contributed by atoms with E-state index >= 15 is 0 Å². The molecule has 0 saturated carbocycles. The van der Waals surface area contributed by atoms with Gasteiger partial charge in [-0.15, -0.1) is 0 Å². The fourth-order valence-corrected chi connectivity index (χ4v) is 6.92. The van der Waals surface area contributed by atoms with E-state index in [1.165, 1.54) is 19.6 Å². The quantitative estimate of drug-likeness (QED) is 0.214. The SMILES string of the molecule is CC(C)(C)OC(=O)N1CCC(C(=O)N(CC(=O)c2ccc(F)c(C(F)(F)F)c2)[C@@H]2CCCN(C(=O)OCc3ccccc3)C2)CC1.O=C(O)C1CCN(C(=O)O)CC1. The zero-order valence-electron chi connectivity index (χ0n) is 32.7. The molecule has 0 spiro atoms. The van der Waals surface area contributed by atoms with Crippen LogP contribution in [0.1, 0.15) is 80.8 Å². The molecule has 0 radical (unpaired) electrons. The number of Topliss-reactive ketones (excluding diaryl/α,β-unsaturated/α-hetero) is 1.